The van der Waals surface area contributed by atoms with Crippen molar-refractivity contribution in [2.45, 2.75) is 13.5 Å². The maximum absolute atomic E-state index is 12.1. The molecule has 158 valence electrons. The van der Waals surface area contributed by atoms with Crippen LogP contribution in [0.2, 0.25) is 0 Å². The molecular weight excluding hydrogens is 452 g/mol. The van der Waals surface area contributed by atoms with Gasteiger partial charge >= 0.3 is 5.97 Å². The number of nitrogens with zero attached hydrogens (tertiary/aromatic N) is 2. The van der Waals surface area contributed by atoms with Gasteiger partial charge in [0.2, 0.25) is 0 Å². The van der Waals surface area contributed by atoms with Crippen LogP contribution in [-0.4, -0.2) is 38.7 Å². The highest BCUT2D eigenvalue weighted by molar-refractivity contribution is 9.10. The van der Waals surface area contributed by atoms with Gasteiger partial charge in [-0.3, -0.25) is 0 Å². The van der Waals surface area contributed by atoms with Gasteiger partial charge in [0.05, 0.1) is 20.5 Å². The molecule has 7 nitrogen and oxygen atoms in total. The van der Waals surface area contributed by atoms with Crippen LogP contribution in [0.3, 0.4) is 0 Å². The fraction of sp³-hybridized carbons (Fsp3) is 0.227. The maximum atomic E-state index is 12.1. The van der Waals surface area contributed by atoms with E-state index in [1.807, 2.05) is 42.5 Å². The summed E-state index contributed by atoms with van der Waals surface area (Å²) < 4.78 is 10.8. The molecule has 0 saturated heterocycles. The Morgan fingerprint density at radius 2 is 1.73 bits per heavy atom. The largest absolute Gasteiger partial charge is 0.503 e. The zero-order chi connectivity index (χ0) is 21.9. The summed E-state index contributed by atoms with van der Waals surface area (Å²) in [5.74, 6) is -0.506. The molecule has 0 amide bonds. The molecule has 0 aliphatic heterocycles. The van der Waals surface area contributed by atoms with Crippen LogP contribution in [0.1, 0.15) is 23.6 Å². The third-order valence-electron chi connectivity index (χ3n) is 4.01. The van der Waals surface area contributed by atoms with E-state index in [-0.39, 0.29) is 12.2 Å². The van der Waals surface area contributed by atoms with Crippen LogP contribution in [0.5, 0.6) is 0 Å². The molecule has 0 fully saturated rings. The number of esters is 1. The first kappa shape index (κ1) is 23.2. The Hall–Kier alpha value is -3.13. The van der Waals surface area contributed by atoms with E-state index in [2.05, 4.69) is 26.2 Å². The molecule has 0 N–H and O–H groups in total. The molecule has 0 aromatic heterocycles. The van der Waals surface area contributed by atoms with Crippen LogP contribution in [0.25, 0.3) is 5.57 Å². The molecule has 30 heavy (non-hydrogen) atoms. The first-order chi connectivity index (χ1) is 14.5. The second kappa shape index (κ2) is 11.8. The third kappa shape index (κ3) is 6.18. The third-order valence-corrected chi connectivity index (χ3v) is 4.54. The quantitative estimate of drug-likeness (QED) is 0.175. The van der Waals surface area contributed by atoms with Gasteiger partial charge in [-0.25, -0.2) is 4.79 Å². The highest BCUT2D eigenvalue weighted by atomic mass is 79.9. The molecule has 0 spiro atoms. The Balaban J connectivity index is 2.23. The van der Waals surface area contributed by atoms with Gasteiger partial charge in [-0.15, -0.1) is 0 Å². The highest BCUT2D eigenvalue weighted by Crippen LogP contribution is 2.22. The van der Waals surface area contributed by atoms with Gasteiger partial charge in [0.1, 0.15) is 30.7 Å². The lowest BCUT2D eigenvalue weighted by Gasteiger charge is -2.11. The van der Waals surface area contributed by atoms with E-state index in [0.717, 1.165) is 15.6 Å². The van der Waals surface area contributed by atoms with E-state index < -0.39 is 5.97 Å². The fourth-order valence-corrected chi connectivity index (χ4v) is 2.89. The van der Waals surface area contributed by atoms with E-state index in [0.29, 0.717) is 17.0 Å². The number of ether oxygens (including phenoxy) is 2. The van der Waals surface area contributed by atoms with Crippen molar-refractivity contribution in [3.63, 3.8) is 0 Å². The van der Waals surface area contributed by atoms with E-state index in [1.54, 1.807) is 13.0 Å². The van der Waals surface area contributed by atoms with Gasteiger partial charge in [-0.1, -0.05) is 62.6 Å². The second-order valence-corrected chi connectivity index (χ2v) is 6.91. The van der Waals surface area contributed by atoms with Crippen LogP contribution >= 0.6 is 15.9 Å². The predicted octanol–water partition coefficient (Wildman–Crippen LogP) is 4.55. The van der Waals surface area contributed by atoms with Crippen molar-refractivity contribution in [1.29, 1.82) is 0 Å². The Morgan fingerprint density at radius 3 is 2.37 bits per heavy atom. The van der Waals surface area contributed by atoms with Crippen molar-refractivity contribution >= 4 is 38.9 Å². The summed E-state index contributed by atoms with van der Waals surface area (Å²) in [6, 6.07) is 14.9. The van der Waals surface area contributed by atoms with Crippen LogP contribution < -0.4 is 0 Å². The molecule has 0 atom stereocenters. The summed E-state index contributed by atoms with van der Waals surface area (Å²) in [6.45, 7) is 1.91. The summed E-state index contributed by atoms with van der Waals surface area (Å²) >= 11 is 3.41. The topological polar surface area (TPSA) is 78.7 Å². The minimum absolute atomic E-state index is 0.131. The SMILES string of the molecule is COC=C(C(=O)OC)c1ccccc1CON=C(C)C(=NOC)c1ccc(Br)cc1. The van der Waals surface area contributed by atoms with Gasteiger partial charge in [0.25, 0.3) is 0 Å². The Bertz CT molecular complexity index is 952. The lowest BCUT2D eigenvalue weighted by Crippen LogP contribution is -2.13. The Labute approximate surface area is 184 Å². The summed E-state index contributed by atoms with van der Waals surface area (Å²) in [5, 5.41) is 8.23. The van der Waals surface area contributed by atoms with Crippen LogP contribution in [0.15, 0.2) is 69.6 Å². The average Bonchev–Trinajstić information content (AvgIpc) is 2.76. The van der Waals surface area contributed by atoms with Gasteiger partial charge in [-0.05, 0) is 24.6 Å². The van der Waals surface area contributed by atoms with Gasteiger partial charge in [0, 0.05) is 15.6 Å². The molecule has 0 radical (unpaired) electrons. The van der Waals surface area contributed by atoms with Crippen molar-refractivity contribution < 1.29 is 23.9 Å². The number of halogens is 1. The van der Waals surface area contributed by atoms with Crippen LogP contribution in [-0.2, 0) is 30.6 Å². The molecule has 0 bridgehead atoms. The minimum atomic E-state index is -0.506. The molecule has 2 rings (SSSR count). The van der Waals surface area contributed by atoms with Crippen molar-refractivity contribution in [3.8, 4) is 0 Å². The Morgan fingerprint density at radius 1 is 1.03 bits per heavy atom. The number of hydrogen-bond acceptors (Lipinski definition) is 7. The molecule has 0 saturated carbocycles. The van der Waals surface area contributed by atoms with Crippen molar-refractivity contribution in [1.82, 2.24) is 0 Å². The first-order valence-corrected chi connectivity index (χ1v) is 9.74. The summed E-state index contributed by atoms with van der Waals surface area (Å²) in [7, 11) is 4.26. The monoisotopic (exact) mass is 474 g/mol. The molecular formula is C22H23BrN2O5. The maximum Gasteiger partial charge on any atom is 0.341 e. The fourth-order valence-electron chi connectivity index (χ4n) is 2.63. The molecule has 0 unspecified atom stereocenters. The molecule has 8 heteroatoms. The Kier molecular flexibility index (Phi) is 9.08. The minimum Gasteiger partial charge on any atom is -0.503 e. The van der Waals surface area contributed by atoms with E-state index in [1.165, 1.54) is 27.6 Å². The van der Waals surface area contributed by atoms with Crippen molar-refractivity contribution in [3.05, 3.63) is 76.0 Å². The standard InChI is InChI=1S/C22H23BrN2O5/c1-15(21(25-29-4)16-9-11-18(23)12-10-16)24-30-13-17-7-5-6-8-19(17)20(14-27-2)22(26)28-3/h5-12,14H,13H2,1-4H3. The second-order valence-electron chi connectivity index (χ2n) is 6.00. The first-order valence-electron chi connectivity index (χ1n) is 8.95. The number of oxime groups is 2. The van der Waals surface area contributed by atoms with Crippen LogP contribution in [0.4, 0.5) is 0 Å². The number of benzene rings is 2. The number of rotatable bonds is 9. The molecule has 0 aliphatic rings. The summed E-state index contributed by atoms with van der Waals surface area (Å²) in [6.07, 6.45) is 1.34. The molecule has 0 heterocycles. The normalized spacial score (nSPS) is 12.4. The number of hydrogen-bond donors (Lipinski definition) is 0. The van der Waals surface area contributed by atoms with Crippen LogP contribution in [0, 0.1) is 0 Å². The van der Waals surface area contributed by atoms with E-state index in [9.17, 15) is 4.79 Å². The van der Waals surface area contributed by atoms with Gasteiger partial charge in [-0.2, -0.15) is 0 Å². The van der Waals surface area contributed by atoms with Crippen molar-refractivity contribution in [2.24, 2.45) is 10.3 Å². The van der Waals surface area contributed by atoms with Gasteiger partial charge < -0.3 is 19.1 Å². The molecule has 2 aromatic carbocycles. The zero-order valence-electron chi connectivity index (χ0n) is 17.2. The van der Waals surface area contributed by atoms with Crippen molar-refractivity contribution in [2.75, 3.05) is 21.3 Å². The highest BCUT2D eigenvalue weighted by Gasteiger charge is 2.17. The number of carbonyl (C=O) groups excluding carboxylic acids is 1. The lowest BCUT2D eigenvalue weighted by atomic mass is 10.0. The number of methoxy groups -OCH3 is 2. The summed E-state index contributed by atoms with van der Waals surface area (Å²) in [4.78, 5) is 22.6. The molecule has 0 aliphatic carbocycles. The zero-order valence-corrected chi connectivity index (χ0v) is 18.8. The average molecular weight is 475 g/mol. The van der Waals surface area contributed by atoms with E-state index >= 15 is 0 Å². The predicted molar refractivity (Wildman–Crippen MR) is 119 cm³/mol. The lowest BCUT2D eigenvalue weighted by molar-refractivity contribution is -0.133. The van der Waals surface area contributed by atoms with E-state index in [4.69, 9.17) is 19.1 Å². The summed E-state index contributed by atoms with van der Waals surface area (Å²) in [5.41, 5.74) is 3.59. The smallest absolute Gasteiger partial charge is 0.341 e. The molecule has 2 aromatic rings. The number of carbonyl (C=O) groups is 1. The van der Waals surface area contributed by atoms with Gasteiger partial charge in [0.15, 0.2) is 0 Å².